The molecule has 2 aromatic carbocycles. The van der Waals surface area contributed by atoms with E-state index in [1.54, 1.807) is 30.3 Å². The minimum Gasteiger partial charge on any atom is -0.454 e. The van der Waals surface area contributed by atoms with Gasteiger partial charge in [-0.1, -0.05) is 18.2 Å². The summed E-state index contributed by atoms with van der Waals surface area (Å²) in [6.07, 6.45) is 0. The molecule has 1 heterocycles. The van der Waals surface area contributed by atoms with Crippen molar-refractivity contribution in [1.29, 1.82) is 0 Å². The summed E-state index contributed by atoms with van der Waals surface area (Å²) in [5.74, 6) is 0.396. The van der Waals surface area contributed by atoms with Crippen molar-refractivity contribution >= 4 is 27.8 Å². The van der Waals surface area contributed by atoms with Crippen LogP contribution in [0.5, 0.6) is 11.5 Å². The molecule has 0 radical (unpaired) electrons. The van der Waals surface area contributed by atoms with Gasteiger partial charge in [0, 0.05) is 4.47 Å². The third-order valence-electron chi connectivity index (χ3n) is 3.70. The van der Waals surface area contributed by atoms with Gasteiger partial charge in [0.1, 0.15) is 0 Å². The summed E-state index contributed by atoms with van der Waals surface area (Å²) in [5, 5.41) is 2.78. The maximum Gasteiger partial charge on any atom is 0.339 e. The Balaban J connectivity index is 1.54. The number of hydrogen-bond donors (Lipinski definition) is 1. The number of amides is 1. The molecular formula is C18H16BrNO5. The molecule has 130 valence electrons. The Morgan fingerprint density at radius 2 is 1.96 bits per heavy atom. The number of fused-ring (bicyclic) bond motifs is 1. The summed E-state index contributed by atoms with van der Waals surface area (Å²) in [4.78, 5) is 24.0. The fourth-order valence-corrected chi connectivity index (χ4v) is 2.83. The third kappa shape index (κ3) is 4.11. The molecule has 25 heavy (non-hydrogen) atoms. The molecule has 0 fully saturated rings. The van der Waals surface area contributed by atoms with Gasteiger partial charge in [0.05, 0.1) is 11.6 Å². The molecule has 0 aliphatic carbocycles. The van der Waals surface area contributed by atoms with Crippen molar-refractivity contribution in [2.24, 2.45) is 0 Å². The predicted octanol–water partition coefficient (Wildman–Crippen LogP) is 3.21. The van der Waals surface area contributed by atoms with Gasteiger partial charge in [-0.05, 0) is 52.7 Å². The molecule has 1 N–H and O–H groups in total. The zero-order valence-electron chi connectivity index (χ0n) is 13.5. The van der Waals surface area contributed by atoms with Gasteiger partial charge in [-0.25, -0.2) is 4.79 Å². The first-order chi connectivity index (χ1) is 12.0. The van der Waals surface area contributed by atoms with Crippen molar-refractivity contribution in [3.63, 3.8) is 0 Å². The van der Waals surface area contributed by atoms with E-state index in [0.717, 1.165) is 5.56 Å². The number of nitrogens with one attached hydrogen (secondary N) is 1. The smallest absolute Gasteiger partial charge is 0.339 e. The highest BCUT2D eigenvalue weighted by molar-refractivity contribution is 9.10. The van der Waals surface area contributed by atoms with Crippen LogP contribution in [0.25, 0.3) is 0 Å². The van der Waals surface area contributed by atoms with E-state index in [1.807, 2.05) is 19.1 Å². The SMILES string of the molecule is C[C@H](NC(=O)COC(=O)c1ccccc1Br)c1ccc2c(c1)OCO2. The number of esters is 1. The topological polar surface area (TPSA) is 73.9 Å². The fourth-order valence-electron chi connectivity index (χ4n) is 2.38. The second-order valence-corrected chi connectivity index (χ2v) is 6.31. The van der Waals surface area contributed by atoms with Crippen molar-refractivity contribution in [3.8, 4) is 11.5 Å². The maximum absolute atomic E-state index is 12.0. The summed E-state index contributed by atoms with van der Waals surface area (Å²) in [6, 6.07) is 12.1. The van der Waals surface area contributed by atoms with Gasteiger partial charge < -0.3 is 19.5 Å². The van der Waals surface area contributed by atoms with Gasteiger partial charge in [0.2, 0.25) is 6.79 Å². The average Bonchev–Trinajstić information content (AvgIpc) is 3.07. The average molecular weight is 406 g/mol. The molecule has 7 heteroatoms. The molecule has 6 nitrogen and oxygen atoms in total. The first-order valence-corrected chi connectivity index (χ1v) is 8.44. The van der Waals surface area contributed by atoms with E-state index in [0.29, 0.717) is 21.5 Å². The Bertz CT molecular complexity index is 808. The van der Waals surface area contributed by atoms with E-state index in [9.17, 15) is 9.59 Å². The van der Waals surface area contributed by atoms with Crippen molar-refractivity contribution in [3.05, 3.63) is 58.1 Å². The Hall–Kier alpha value is -2.54. The van der Waals surface area contributed by atoms with Crippen LogP contribution < -0.4 is 14.8 Å². The van der Waals surface area contributed by atoms with Gasteiger partial charge in [0.25, 0.3) is 5.91 Å². The number of hydrogen-bond acceptors (Lipinski definition) is 5. The predicted molar refractivity (Wildman–Crippen MR) is 93.5 cm³/mol. The van der Waals surface area contributed by atoms with E-state index in [2.05, 4.69) is 21.2 Å². The first kappa shape index (κ1) is 17.3. The lowest BCUT2D eigenvalue weighted by Crippen LogP contribution is -2.31. The van der Waals surface area contributed by atoms with Crippen molar-refractivity contribution < 1.29 is 23.8 Å². The highest BCUT2D eigenvalue weighted by Crippen LogP contribution is 2.34. The van der Waals surface area contributed by atoms with Crippen molar-refractivity contribution in [2.75, 3.05) is 13.4 Å². The molecule has 1 aliphatic heterocycles. The van der Waals surface area contributed by atoms with Crippen molar-refractivity contribution in [2.45, 2.75) is 13.0 Å². The van der Waals surface area contributed by atoms with Crippen LogP contribution >= 0.6 is 15.9 Å². The molecular weight excluding hydrogens is 390 g/mol. The van der Waals surface area contributed by atoms with E-state index in [-0.39, 0.29) is 25.3 Å². The minimum absolute atomic E-state index is 0.199. The Kier molecular flexibility index (Phi) is 5.23. The number of ether oxygens (including phenoxy) is 3. The van der Waals surface area contributed by atoms with E-state index >= 15 is 0 Å². The quantitative estimate of drug-likeness (QED) is 0.773. The summed E-state index contributed by atoms with van der Waals surface area (Å²) >= 11 is 3.28. The largest absolute Gasteiger partial charge is 0.454 e. The van der Waals surface area contributed by atoms with E-state index in [1.165, 1.54) is 0 Å². The number of rotatable bonds is 5. The molecule has 3 rings (SSSR count). The van der Waals surface area contributed by atoms with Gasteiger partial charge >= 0.3 is 5.97 Å². The molecule has 0 bridgehead atoms. The number of carbonyl (C=O) groups excluding carboxylic acids is 2. The molecule has 0 spiro atoms. The molecule has 0 aromatic heterocycles. The van der Waals surface area contributed by atoms with Gasteiger partial charge in [-0.3, -0.25) is 4.79 Å². The number of carbonyl (C=O) groups is 2. The molecule has 0 unspecified atom stereocenters. The molecule has 1 amide bonds. The molecule has 0 saturated heterocycles. The van der Waals surface area contributed by atoms with Crippen LogP contribution in [0.4, 0.5) is 0 Å². The Labute approximate surface area is 153 Å². The molecule has 1 aliphatic rings. The second kappa shape index (κ2) is 7.57. The van der Waals surface area contributed by atoms with Gasteiger partial charge in [0.15, 0.2) is 18.1 Å². The molecule has 1 atom stereocenters. The van der Waals surface area contributed by atoms with Crippen LogP contribution in [0.3, 0.4) is 0 Å². The summed E-state index contributed by atoms with van der Waals surface area (Å²) < 4.78 is 16.3. The van der Waals surface area contributed by atoms with Crippen LogP contribution in [0.1, 0.15) is 28.9 Å². The summed E-state index contributed by atoms with van der Waals surface area (Å²) in [7, 11) is 0. The minimum atomic E-state index is -0.557. The normalized spacial score (nSPS) is 13.2. The zero-order valence-corrected chi connectivity index (χ0v) is 15.0. The van der Waals surface area contributed by atoms with Crippen LogP contribution in [0.2, 0.25) is 0 Å². The lowest BCUT2D eigenvalue weighted by atomic mass is 10.1. The third-order valence-corrected chi connectivity index (χ3v) is 4.39. The highest BCUT2D eigenvalue weighted by atomic mass is 79.9. The van der Waals surface area contributed by atoms with Crippen LogP contribution in [0, 0.1) is 0 Å². The van der Waals surface area contributed by atoms with Crippen LogP contribution in [-0.4, -0.2) is 25.3 Å². The Morgan fingerprint density at radius 3 is 2.76 bits per heavy atom. The van der Waals surface area contributed by atoms with Crippen LogP contribution in [0.15, 0.2) is 46.9 Å². The lowest BCUT2D eigenvalue weighted by Gasteiger charge is -2.15. The van der Waals surface area contributed by atoms with Crippen molar-refractivity contribution in [1.82, 2.24) is 5.32 Å². The number of benzene rings is 2. The fraction of sp³-hybridized carbons (Fsp3) is 0.222. The standard InChI is InChI=1S/C18H16BrNO5/c1-11(12-6-7-15-16(8-12)25-10-24-15)20-17(21)9-23-18(22)13-4-2-3-5-14(13)19/h2-8,11H,9-10H2,1H3,(H,20,21)/t11-/m0/s1. The first-order valence-electron chi connectivity index (χ1n) is 7.65. The molecule has 0 saturated carbocycles. The number of halogens is 1. The van der Waals surface area contributed by atoms with Gasteiger partial charge in [-0.2, -0.15) is 0 Å². The van der Waals surface area contributed by atoms with Crippen LogP contribution in [-0.2, 0) is 9.53 Å². The van der Waals surface area contributed by atoms with Gasteiger partial charge in [-0.15, -0.1) is 0 Å². The summed E-state index contributed by atoms with van der Waals surface area (Å²) in [5.41, 5.74) is 1.24. The monoisotopic (exact) mass is 405 g/mol. The lowest BCUT2D eigenvalue weighted by molar-refractivity contribution is -0.124. The van der Waals surface area contributed by atoms with E-state index in [4.69, 9.17) is 14.2 Å². The van der Waals surface area contributed by atoms with E-state index < -0.39 is 5.97 Å². The second-order valence-electron chi connectivity index (χ2n) is 5.46. The Morgan fingerprint density at radius 1 is 1.20 bits per heavy atom. The summed E-state index contributed by atoms with van der Waals surface area (Å²) in [6.45, 7) is 1.69. The maximum atomic E-state index is 12.0. The highest BCUT2D eigenvalue weighted by Gasteiger charge is 2.18. The zero-order chi connectivity index (χ0) is 17.8. The molecule has 2 aromatic rings.